The van der Waals surface area contributed by atoms with E-state index >= 15 is 4.39 Å². The standard InChI is InChI=1S/C32H57F2N7O3/c1-40(15-16-44-2)31(43)21-9-13-41(14-10-21)28-23(34)19-36-20-25(28)38-30(42)27-24-17-32(11-5-3-4-6-12-32)26(39-29(27)35)8-7-22(33)18-37-24/h21-29,36-37,39H,3-20,35H2,1-2H3,(H,38,42). The van der Waals surface area contributed by atoms with Crippen LogP contribution in [0.5, 0.6) is 0 Å². The second kappa shape index (κ2) is 15.4. The lowest BCUT2D eigenvalue weighted by Gasteiger charge is -2.45. The van der Waals surface area contributed by atoms with E-state index < -0.39 is 36.5 Å². The van der Waals surface area contributed by atoms with Crippen molar-refractivity contribution in [3.63, 3.8) is 0 Å². The van der Waals surface area contributed by atoms with Gasteiger partial charge in [-0.2, -0.15) is 0 Å². The van der Waals surface area contributed by atoms with Crippen LogP contribution in [0.25, 0.3) is 0 Å². The number of hydrogen-bond acceptors (Lipinski definition) is 8. The molecule has 4 saturated heterocycles. The number of carbonyl (C=O) groups is 2. The van der Waals surface area contributed by atoms with E-state index in [0.29, 0.717) is 52.0 Å². The number of nitrogens with zero attached hydrogens (tertiary/aromatic N) is 2. The molecule has 0 aromatic rings. The Labute approximate surface area is 262 Å². The Bertz CT molecular complexity index is 947. The minimum Gasteiger partial charge on any atom is -0.383 e. The molecule has 44 heavy (non-hydrogen) atoms. The molecule has 8 unspecified atom stereocenters. The van der Waals surface area contributed by atoms with Crippen LogP contribution in [0.2, 0.25) is 0 Å². The average Bonchev–Trinajstić information content (AvgIpc) is 3.29. The number of amides is 2. The number of hydrogen-bond donors (Lipinski definition) is 5. The molecule has 252 valence electrons. The number of halogens is 2. The zero-order chi connectivity index (χ0) is 31.3. The van der Waals surface area contributed by atoms with E-state index in [1.54, 1.807) is 19.1 Å². The molecule has 1 saturated carbocycles. The maximum atomic E-state index is 15.6. The van der Waals surface area contributed by atoms with Gasteiger partial charge in [-0.3, -0.25) is 19.8 Å². The molecule has 2 amide bonds. The van der Waals surface area contributed by atoms with Crippen LogP contribution in [-0.2, 0) is 14.3 Å². The van der Waals surface area contributed by atoms with Gasteiger partial charge in [0.2, 0.25) is 11.8 Å². The topological polar surface area (TPSA) is 124 Å². The van der Waals surface area contributed by atoms with E-state index in [9.17, 15) is 14.0 Å². The van der Waals surface area contributed by atoms with E-state index in [2.05, 4.69) is 26.2 Å². The maximum absolute atomic E-state index is 15.6. The summed E-state index contributed by atoms with van der Waals surface area (Å²) in [5.74, 6) is -0.781. The summed E-state index contributed by atoms with van der Waals surface area (Å²) in [6, 6.07) is -1.11. The summed E-state index contributed by atoms with van der Waals surface area (Å²) in [6.45, 7) is 3.15. The Morgan fingerprint density at radius 1 is 1.05 bits per heavy atom. The molecule has 4 heterocycles. The Hall–Kier alpha value is -1.44. The van der Waals surface area contributed by atoms with Crippen LogP contribution >= 0.6 is 0 Å². The molecule has 0 aromatic carbocycles. The Morgan fingerprint density at radius 3 is 2.48 bits per heavy atom. The van der Waals surface area contributed by atoms with Crippen molar-refractivity contribution in [3.8, 4) is 0 Å². The molecule has 0 aromatic heterocycles. The third-order valence-electron chi connectivity index (χ3n) is 11.5. The van der Waals surface area contributed by atoms with Gasteiger partial charge in [-0.15, -0.1) is 0 Å². The third-order valence-corrected chi connectivity index (χ3v) is 11.5. The van der Waals surface area contributed by atoms with Crippen molar-refractivity contribution in [1.82, 2.24) is 31.1 Å². The van der Waals surface area contributed by atoms with Crippen molar-refractivity contribution in [1.29, 1.82) is 0 Å². The molecule has 6 N–H and O–H groups in total. The van der Waals surface area contributed by atoms with Gasteiger partial charge in [-0.25, -0.2) is 8.78 Å². The lowest BCUT2D eigenvalue weighted by Crippen LogP contribution is -2.68. The van der Waals surface area contributed by atoms with Gasteiger partial charge in [0, 0.05) is 58.3 Å². The van der Waals surface area contributed by atoms with Gasteiger partial charge in [0.1, 0.15) is 12.3 Å². The normalized spacial score (nSPS) is 37.3. The molecule has 5 fully saturated rings. The van der Waals surface area contributed by atoms with Gasteiger partial charge in [0.25, 0.3) is 0 Å². The number of fused-ring (bicyclic) bond motifs is 1. The van der Waals surface area contributed by atoms with E-state index in [0.717, 1.165) is 38.5 Å². The molecular formula is C32H57F2N7O3. The quantitative estimate of drug-likeness (QED) is 0.287. The summed E-state index contributed by atoms with van der Waals surface area (Å²) in [4.78, 5) is 31.0. The molecule has 12 heteroatoms. The monoisotopic (exact) mass is 625 g/mol. The molecule has 2 bridgehead atoms. The maximum Gasteiger partial charge on any atom is 0.227 e. The van der Waals surface area contributed by atoms with Gasteiger partial charge in [0.15, 0.2) is 0 Å². The summed E-state index contributed by atoms with van der Waals surface area (Å²) >= 11 is 0. The summed E-state index contributed by atoms with van der Waals surface area (Å²) in [5, 5.41) is 13.5. The summed E-state index contributed by atoms with van der Waals surface area (Å²) in [5.41, 5.74) is 6.80. The Kier molecular flexibility index (Phi) is 11.9. The molecule has 8 atom stereocenters. The van der Waals surface area contributed by atoms with Crippen molar-refractivity contribution < 1.29 is 23.1 Å². The number of piperidine rings is 2. The fourth-order valence-corrected chi connectivity index (χ4v) is 8.98. The number of methoxy groups -OCH3 is 1. The minimum absolute atomic E-state index is 0.0107. The van der Waals surface area contributed by atoms with Crippen molar-refractivity contribution in [2.24, 2.45) is 23.0 Å². The van der Waals surface area contributed by atoms with Crippen LogP contribution in [0.3, 0.4) is 0 Å². The second-order valence-corrected chi connectivity index (χ2v) is 14.3. The van der Waals surface area contributed by atoms with Crippen molar-refractivity contribution in [2.45, 2.75) is 113 Å². The molecule has 1 aliphatic carbocycles. The lowest BCUT2D eigenvalue weighted by molar-refractivity contribution is -0.136. The Morgan fingerprint density at radius 2 is 1.77 bits per heavy atom. The largest absolute Gasteiger partial charge is 0.383 e. The number of likely N-dealkylation sites (N-methyl/N-ethyl adjacent to an activating group) is 1. The predicted molar refractivity (Wildman–Crippen MR) is 166 cm³/mol. The van der Waals surface area contributed by atoms with Gasteiger partial charge in [0.05, 0.1) is 30.8 Å². The van der Waals surface area contributed by atoms with Crippen LogP contribution in [0.1, 0.15) is 70.6 Å². The number of ether oxygens (including phenoxy) is 1. The smallest absolute Gasteiger partial charge is 0.227 e. The van der Waals surface area contributed by atoms with E-state index in [4.69, 9.17) is 10.5 Å². The van der Waals surface area contributed by atoms with E-state index in [1.165, 1.54) is 12.8 Å². The van der Waals surface area contributed by atoms with Gasteiger partial charge >= 0.3 is 0 Å². The van der Waals surface area contributed by atoms with Crippen LogP contribution in [0.4, 0.5) is 8.78 Å². The molecule has 5 rings (SSSR count). The molecular weight excluding hydrogens is 568 g/mol. The van der Waals surface area contributed by atoms with Crippen LogP contribution in [0, 0.1) is 17.3 Å². The van der Waals surface area contributed by atoms with E-state index in [1.807, 2.05) is 0 Å². The number of likely N-dealkylation sites (tertiary alicyclic amines) is 1. The third kappa shape index (κ3) is 7.74. The fraction of sp³-hybridized carbons (Fsp3) is 0.938. The average molecular weight is 626 g/mol. The number of rotatable bonds is 7. The first-order valence-electron chi connectivity index (χ1n) is 17.2. The summed E-state index contributed by atoms with van der Waals surface area (Å²) < 4.78 is 35.7. The number of carbonyl (C=O) groups excluding carboxylic acids is 2. The fourth-order valence-electron chi connectivity index (χ4n) is 8.98. The first kappa shape index (κ1) is 33.9. The molecule has 10 nitrogen and oxygen atoms in total. The number of nitrogens with two attached hydrogens (primary N) is 1. The molecule has 1 spiro atoms. The lowest BCUT2D eigenvalue weighted by atomic mass is 9.68. The Balaban J connectivity index is 1.28. The highest BCUT2D eigenvalue weighted by Crippen LogP contribution is 2.47. The SMILES string of the molecule is COCCN(C)C(=O)C1CCN(C2C(F)CNCC2NC(=O)C2C(N)NC3CCC(F)CNC2CC32CCCCCC2)CC1. The van der Waals surface area contributed by atoms with Gasteiger partial charge in [-0.1, -0.05) is 25.7 Å². The van der Waals surface area contributed by atoms with Crippen molar-refractivity contribution in [2.75, 3.05) is 60.0 Å². The molecule has 5 aliphatic rings. The molecule has 4 aliphatic heterocycles. The summed E-state index contributed by atoms with van der Waals surface area (Å²) in [7, 11) is 3.42. The van der Waals surface area contributed by atoms with E-state index in [-0.39, 0.29) is 48.3 Å². The zero-order valence-electron chi connectivity index (χ0n) is 26.9. The highest BCUT2D eigenvalue weighted by atomic mass is 19.1. The number of alkyl halides is 2. The minimum atomic E-state index is -1.16. The first-order chi connectivity index (χ1) is 21.2. The molecule has 0 radical (unpaired) electrons. The van der Waals surface area contributed by atoms with Crippen LogP contribution in [-0.4, -0.2) is 124 Å². The van der Waals surface area contributed by atoms with Gasteiger partial charge in [-0.05, 0) is 63.5 Å². The summed E-state index contributed by atoms with van der Waals surface area (Å²) in [6.07, 6.45) is 7.48. The highest BCUT2D eigenvalue weighted by molar-refractivity contribution is 5.81. The highest BCUT2D eigenvalue weighted by Gasteiger charge is 2.50. The second-order valence-electron chi connectivity index (χ2n) is 14.3. The van der Waals surface area contributed by atoms with Crippen molar-refractivity contribution >= 4 is 11.8 Å². The van der Waals surface area contributed by atoms with Crippen molar-refractivity contribution in [3.05, 3.63) is 0 Å². The number of nitrogens with one attached hydrogen (secondary N) is 4. The van der Waals surface area contributed by atoms with Gasteiger partial charge < -0.3 is 31.3 Å². The van der Waals surface area contributed by atoms with Crippen LogP contribution < -0.4 is 27.0 Å². The predicted octanol–water partition coefficient (Wildman–Crippen LogP) is 1.29. The zero-order valence-corrected chi connectivity index (χ0v) is 26.9. The first-order valence-corrected chi connectivity index (χ1v) is 17.2. The van der Waals surface area contributed by atoms with Crippen LogP contribution in [0.15, 0.2) is 0 Å².